The Bertz CT molecular complexity index is 566. The van der Waals surface area contributed by atoms with Crippen molar-refractivity contribution in [3.05, 3.63) is 33.0 Å². The maximum Gasteiger partial charge on any atom is 0.291 e. The Labute approximate surface area is 120 Å². The number of hydrogen-bond acceptors (Lipinski definition) is 4. The summed E-state index contributed by atoms with van der Waals surface area (Å²) in [6.45, 7) is 3.95. The highest BCUT2D eigenvalue weighted by Crippen LogP contribution is 2.26. The van der Waals surface area contributed by atoms with Gasteiger partial charge in [0.2, 0.25) is 5.82 Å². The molecule has 0 spiro atoms. The minimum absolute atomic E-state index is 0.113. The van der Waals surface area contributed by atoms with Gasteiger partial charge in [-0.25, -0.2) is 4.98 Å². The molecule has 0 fully saturated rings. The molecule has 2 heterocycles. The number of H-pyrrole nitrogens is 1. The first-order chi connectivity index (χ1) is 9.10. The van der Waals surface area contributed by atoms with Crippen LogP contribution in [-0.4, -0.2) is 21.1 Å². The third-order valence-electron chi connectivity index (χ3n) is 2.59. The van der Waals surface area contributed by atoms with Crippen LogP contribution in [0.5, 0.6) is 0 Å². The summed E-state index contributed by atoms with van der Waals surface area (Å²) in [5.41, 5.74) is 0. The Hall–Kier alpha value is -1.40. The van der Waals surface area contributed by atoms with Crippen molar-refractivity contribution in [3.8, 4) is 0 Å². The van der Waals surface area contributed by atoms with E-state index in [0.717, 1.165) is 23.5 Å². The number of halogens is 1. The maximum atomic E-state index is 12.0. The number of aromatic amines is 1. The fourth-order valence-electron chi connectivity index (χ4n) is 1.64. The molecule has 0 bridgehead atoms. The predicted molar refractivity (Wildman–Crippen MR) is 75.6 cm³/mol. The van der Waals surface area contributed by atoms with E-state index in [0.29, 0.717) is 4.34 Å². The summed E-state index contributed by atoms with van der Waals surface area (Å²) in [5.74, 6) is 0.632. The van der Waals surface area contributed by atoms with Crippen molar-refractivity contribution in [3.63, 3.8) is 0 Å². The van der Waals surface area contributed by atoms with E-state index in [1.807, 2.05) is 26.0 Å². The number of amides is 1. The summed E-state index contributed by atoms with van der Waals surface area (Å²) >= 11 is 7.32. The number of nitrogens with zero attached hydrogens (tertiary/aromatic N) is 2. The Morgan fingerprint density at radius 1 is 1.58 bits per heavy atom. The molecule has 0 aliphatic rings. The Morgan fingerprint density at radius 2 is 2.37 bits per heavy atom. The number of aryl methyl sites for hydroxylation is 1. The number of carbonyl (C=O) groups is 1. The molecule has 0 saturated heterocycles. The molecule has 2 rings (SSSR count). The molecule has 2 aromatic heterocycles. The van der Waals surface area contributed by atoms with Gasteiger partial charge in [0.1, 0.15) is 5.82 Å². The summed E-state index contributed by atoms with van der Waals surface area (Å²) in [7, 11) is 0. The summed E-state index contributed by atoms with van der Waals surface area (Å²) in [5, 5.41) is 9.53. The average Bonchev–Trinajstić information content (AvgIpc) is 2.98. The number of thiophene rings is 1. The zero-order chi connectivity index (χ0) is 13.8. The summed E-state index contributed by atoms with van der Waals surface area (Å²) < 4.78 is 0.708. The van der Waals surface area contributed by atoms with Gasteiger partial charge < -0.3 is 5.32 Å². The molecule has 7 heteroatoms. The van der Waals surface area contributed by atoms with Gasteiger partial charge >= 0.3 is 0 Å². The fraction of sp³-hybridized carbons (Fsp3) is 0.417. The molecule has 0 aliphatic heterocycles. The van der Waals surface area contributed by atoms with Crippen LogP contribution in [0.4, 0.5) is 0 Å². The lowest BCUT2D eigenvalue weighted by Crippen LogP contribution is -2.27. The van der Waals surface area contributed by atoms with Crippen molar-refractivity contribution >= 4 is 28.8 Å². The van der Waals surface area contributed by atoms with Gasteiger partial charge in [-0.1, -0.05) is 18.5 Å². The zero-order valence-electron chi connectivity index (χ0n) is 10.7. The van der Waals surface area contributed by atoms with Crippen LogP contribution in [0, 0.1) is 0 Å². The van der Waals surface area contributed by atoms with Crippen LogP contribution in [-0.2, 0) is 6.42 Å². The van der Waals surface area contributed by atoms with E-state index >= 15 is 0 Å². The van der Waals surface area contributed by atoms with E-state index in [2.05, 4.69) is 20.5 Å². The number of rotatable bonds is 5. The largest absolute Gasteiger partial charge is 0.342 e. The van der Waals surface area contributed by atoms with Gasteiger partial charge in [-0.15, -0.1) is 16.4 Å². The van der Waals surface area contributed by atoms with E-state index in [-0.39, 0.29) is 17.8 Å². The van der Waals surface area contributed by atoms with Crippen LogP contribution in [0.1, 0.15) is 47.6 Å². The van der Waals surface area contributed by atoms with Gasteiger partial charge in [0.25, 0.3) is 5.91 Å². The van der Waals surface area contributed by atoms with E-state index in [9.17, 15) is 4.79 Å². The average molecular weight is 299 g/mol. The molecule has 102 valence electrons. The topological polar surface area (TPSA) is 70.7 Å². The molecule has 0 saturated carbocycles. The minimum atomic E-state index is -0.282. The van der Waals surface area contributed by atoms with E-state index < -0.39 is 0 Å². The highest BCUT2D eigenvalue weighted by Gasteiger charge is 2.16. The maximum absolute atomic E-state index is 12.0. The first kappa shape index (κ1) is 14.0. The third-order valence-corrected chi connectivity index (χ3v) is 4.00. The molecule has 2 aromatic rings. The molecule has 0 aliphatic carbocycles. The molecule has 0 aromatic carbocycles. The lowest BCUT2D eigenvalue weighted by atomic mass is 10.3. The minimum Gasteiger partial charge on any atom is -0.342 e. The van der Waals surface area contributed by atoms with Crippen LogP contribution >= 0.6 is 22.9 Å². The second kappa shape index (κ2) is 6.16. The van der Waals surface area contributed by atoms with Crippen molar-refractivity contribution < 1.29 is 4.79 Å². The highest BCUT2D eigenvalue weighted by molar-refractivity contribution is 7.16. The predicted octanol–water partition coefficient (Wildman–Crippen LogP) is 2.96. The number of nitrogens with one attached hydrogen (secondary N) is 2. The number of hydrogen-bond donors (Lipinski definition) is 2. The van der Waals surface area contributed by atoms with Crippen LogP contribution < -0.4 is 5.32 Å². The Morgan fingerprint density at radius 3 is 3.00 bits per heavy atom. The Kier molecular flexibility index (Phi) is 4.55. The van der Waals surface area contributed by atoms with E-state index in [1.165, 1.54) is 11.3 Å². The molecular weight excluding hydrogens is 284 g/mol. The molecule has 0 radical (unpaired) electrons. The van der Waals surface area contributed by atoms with E-state index in [4.69, 9.17) is 11.6 Å². The summed E-state index contributed by atoms with van der Waals surface area (Å²) in [6, 6.07) is 3.60. The van der Waals surface area contributed by atoms with Gasteiger partial charge in [-0.3, -0.25) is 9.89 Å². The van der Waals surface area contributed by atoms with Crippen molar-refractivity contribution in [1.29, 1.82) is 0 Å². The van der Waals surface area contributed by atoms with Gasteiger partial charge in [0.05, 0.1) is 10.4 Å². The smallest absolute Gasteiger partial charge is 0.291 e. The molecule has 2 N–H and O–H groups in total. The molecule has 1 amide bonds. The SMILES string of the molecule is CCCc1nc(C(=O)NC(C)c2ccc(Cl)s2)n[nH]1. The van der Waals surface area contributed by atoms with Crippen molar-refractivity contribution in [2.75, 3.05) is 0 Å². The Balaban J connectivity index is 1.99. The molecule has 1 atom stereocenters. The molecular formula is C12H15ClN4OS. The number of aromatic nitrogens is 3. The second-order valence-corrected chi connectivity index (χ2v) is 5.94. The van der Waals surface area contributed by atoms with Crippen molar-refractivity contribution in [2.24, 2.45) is 0 Å². The lowest BCUT2D eigenvalue weighted by Gasteiger charge is -2.09. The van der Waals surface area contributed by atoms with Crippen LogP contribution in [0.25, 0.3) is 0 Å². The quantitative estimate of drug-likeness (QED) is 0.891. The third kappa shape index (κ3) is 3.54. The number of carbonyl (C=O) groups excluding carboxylic acids is 1. The lowest BCUT2D eigenvalue weighted by molar-refractivity contribution is 0.0930. The highest BCUT2D eigenvalue weighted by atomic mass is 35.5. The zero-order valence-corrected chi connectivity index (χ0v) is 12.3. The van der Waals surface area contributed by atoms with Gasteiger partial charge in [-0.05, 0) is 25.5 Å². The summed E-state index contributed by atoms with van der Waals surface area (Å²) in [6.07, 6.45) is 1.75. The normalized spacial score (nSPS) is 12.4. The van der Waals surface area contributed by atoms with Gasteiger partial charge in [0, 0.05) is 11.3 Å². The molecule has 1 unspecified atom stereocenters. The monoisotopic (exact) mass is 298 g/mol. The molecule has 5 nitrogen and oxygen atoms in total. The van der Waals surface area contributed by atoms with E-state index in [1.54, 1.807) is 0 Å². The van der Waals surface area contributed by atoms with Crippen molar-refractivity contribution in [1.82, 2.24) is 20.5 Å². The first-order valence-corrected chi connectivity index (χ1v) is 7.27. The van der Waals surface area contributed by atoms with Crippen molar-refractivity contribution in [2.45, 2.75) is 32.7 Å². The van der Waals surface area contributed by atoms with Gasteiger partial charge in [-0.2, -0.15) is 0 Å². The fourth-order valence-corrected chi connectivity index (χ4v) is 2.70. The molecule has 19 heavy (non-hydrogen) atoms. The van der Waals surface area contributed by atoms with Gasteiger partial charge in [0.15, 0.2) is 0 Å². The van der Waals surface area contributed by atoms with Crippen LogP contribution in [0.3, 0.4) is 0 Å². The second-order valence-electron chi connectivity index (χ2n) is 4.19. The van der Waals surface area contributed by atoms with Crippen LogP contribution in [0.15, 0.2) is 12.1 Å². The standard InChI is InChI=1S/C12H15ClN4OS/c1-3-4-10-15-11(17-16-10)12(18)14-7(2)8-5-6-9(13)19-8/h5-7H,3-4H2,1-2H3,(H,14,18)(H,15,16,17). The van der Waals surface area contributed by atoms with Crippen LogP contribution in [0.2, 0.25) is 4.34 Å². The summed E-state index contributed by atoms with van der Waals surface area (Å²) in [4.78, 5) is 17.1. The first-order valence-electron chi connectivity index (χ1n) is 6.07.